The summed E-state index contributed by atoms with van der Waals surface area (Å²) in [5.74, 6) is -2.06. The first kappa shape index (κ1) is 14.2. The van der Waals surface area contributed by atoms with Crippen molar-refractivity contribution in [2.45, 2.75) is 32.4 Å². The number of hydrogen-bond acceptors (Lipinski definition) is 6. The lowest BCUT2D eigenvalue weighted by Crippen LogP contribution is -2.63. The van der Waals surface area contributed by atoms with Crippen LogP contribution >= 0.6 is 11.3 Å². The second-order valence-corrected chi connectivity index (χ2v) is 6.36. The fraction of sp³-hybridized carbons (Fsp3) is 0.538. The van der Waals surface area contributed by atoms with Gasteiger partial charge in [-0.1, -0.05) is 6.92 Å². The molecule has 0 saturated carbocycles. The lowest BCUT2D eigenvalue weighted by atomic mass is 9.77. The number of aliphatic hydroxyl groups is 1. The first-order chi connectivity index (χ1) is 9.93. The average molecular weight is 309 g/mol. The molecular weight excluding hydrogens is 294 g/mol. The molecule has 0 radical (unpaired) electrons. The number of rotatable bonds is 4. The van der Waals surface area contributed by atoms with Crippen LogP contribution in [0.3, 0.4) is 0 Å². The first-order valence-corrected chi connectivity index (χ1v) is 7.54. The molecule has 2 aliphatic rings. The zero-order chi connectivity index (χ0) is 15.3. The molecule has 1 aromatic heterocycles. The van der Waals surface area contributed by atoms with Crippen molar-refractivity contribution in [2.75, 3.05) is 0 Å². The fourth-order valence-electron chi connectivity index (χ4n) is 3.32. The van der Waals surface area contributed by atoms with Crippen LogP contribution in [0.2, 0.25) is 0 Å². The molecule has 1 saturated heterocycles. The lowest BCUT2D eigenvalue weighted by Gasteiger charge is -2.46. The minimum absolute atomic E-state index is 0.0459. The van der Waals surface area contributed by atoms with Gasteiger partial charge in [0.1, 0.15) is 16.2 Å². The van der Waals surface area contributed by atoms with E-state index < -0.39 is 18.0 Å². The number of carbonyl (C=O) groups is 2. The summed E-state index contributed by atoms with van der Waals surface area (Å²) < 4.78 is 0. The molecule has 1 amide bonds. The molecule has 3 heterocycles. The lowest BCUT2D eigenvalue weighted by molar-refractivity contribution is -0.163. The SMILES string of the molecule is C[C@@H]1C(Cc2nncs2)=C(C(=O)O)N2C(=O)[C@H]([C@@H](C)O)[C@@H]12. The maximum Gasteiger partial charge on any atom is 0.352 e. The summed E-state index contributed by atoms with van der Waals surface area (Å²) in [6.45, 7) is 3.46. The summed E-state index contributed by atoms with van der Waals surface area (Å²) in [6.07, 6.45) is -0.405. The molecule has 1 fully saturated rings. The molecule has 0 bridgehead atoms. The molecule has 21 heavy (non-hydrogen) atoms. The molecule has 8 heteroatoms. The number of aliphatic hydroxyl groups excluding tert-OH is 1. The van der Waals surface area contributed by atoms with Gasteiger partial charge < -0.3 is 15.1 Å². The molecule has 2 aliphatic heterocycles. The Balaban J connectivity index is 1.97. The van der Waals surface area contributed by atoms with Crippen molar-refractivity contribution < 1.29 is 19.8 Å². The van der Waals surface area contributed by atoms with Gasteiger partial charge in [0, 0.05) is 12.3 Å². The minimum atomic E-state index is -1.11. The van der Waals surface area contributed by atoms with Crippen molar-refractivity contribution in [3.8, 4) is 0 Å². The number of β-lactam (4-membered cyclic amide) rings is 1. The highest BCUT2D eigenvalue weighted by atomic mass is 32.1. The average Bonchev–Trinajstić information content (AvgIpc) is 2.97. The van der Waals surface area contributed by atoms with Gasteiger partial charge in [-0.25, -0.2) is 4.79 Å². The number of amides is 1. The monoisotopic (exact) mass is 309 g/mol. The Morgan fingerprint density at radius 2 is 2.29 bits per heavy atom. The maximum absolute atomic E-state index is 12.1. The summed E-state index contributed by atoms with van der Waals surface area (Å²) in [5.41, 5.74) is 2.32. The van der Waals surface area contributed by atoms with Crippen molar-refractivity contribution >= 4 is 23.2 Å². The largest absolute Gasteiger partial charge is 0.477 e. The summed E-state index contributed by atoms with van der Waals surface area (Å²) in [7, 11) is 0. The van der Waals surface area contributed by atoms with Crippen LogP contribution < -0.4 is 0 Å². The molecule has 1 aromatic rings. The van der Waals surface area contributed by atoms with Gasteiger partial charge in [-0.05, 0) is 12.5 Å². The third-order valence-electron chi connectivity index (χ3n) is 4.26. The van der Waals surface area contributed by atoms with Crippen LogP contribution in [0.25, 0.3) is 0 Å². The van der Waals surface area contributed by atoms with E-state index in [0.29, 0.717) is 12.0 Å². The predicted molar refractivity (Wildman–Crippen MR) is 73.2 cm³/mol. The van der Waals surface area contributed by atoms with E-state index in [0.717, 1.165) is 5.01 Å². The Labute approximate surface area is 124 Å². The Hall–Kier alpha value is -1.80. The summed E-state index contributed by atoms with van der Waals surface area (Å²) in [6, 6.07) is -0.272. The third-order valence-corrected chi connectivity index (χ3v) is 4.96. The third kappa shape index (κ3) is 1.97. The minimum Gasteiger partial charge on any atom is -0.477 e. The van der Waals surface area contributed by atoms with Gasteiger partial charge in [0.2, 0.25) is 5.91 Å². The van der Waals surface area contributed by atoms with Gasteiger partial charge in [-0.3, -0.25) is 4.79 Å². The van der Waals surface area contributed by atoms with Crippen LogP contribution in [-0.4, -0.2) is 49.3 Å². The van der Waals surface area contributed by atoms with E-state index in [4.69, 9.17) is 0 Å². The summed E-state index contributed by atoms with van der Waals surface area (Å²) in [4.78, 5) is 25.0. The van der Waals surface area contributed by atoms with Gasteiger partial charge in [0.15, 0.2) is 0 Å². The molecule has 0 aliphatic carbocycles. The number of fused-ring (bicyclic) bond motifs is 1. The summed E-state index contributed by atoms with van der Waals surface area (Å²) in [5, 5.41) is 27.6. The zero-order valence-electron chi connectivity index (χ0n) is 11.6. The van der Waals surface area contributed by atoms with E-state index in [1.54, 1.807) is 12.4 Å². The molecule has 4 atom stereocenters. The Bertz CT molecular complexity index is 625. The van der Waals surface area contributed by atoms with Crippen molar-refractivity contribution in [1.82, 2.24) is 15.1 Å². The number of carbonyl (C=O) groups excluding carboxylic acids is 1. The Morgan fingerprint density at radius 1 is 1.57 bits per heavy atom. The highest BCUT2D eigenvalue weighted by Gasteiger charge is 2.59. The highest BCUT2D eigenvalue weighted by Crippen LogP contribution is 2.47. The van der Waals surface area contributed by atoms with Crippen LogP contribution in [-0.2, 0) is 16.0 Å². The van der Waals surface area contributed by atoms with Crippen LogP contribution in [0.4, 0.5) is 0 Å². The summed E-state index contributed by atoms with van der Waals surface area (Å²) >= 11 is 1.35. The second kappa shape index (κ2) is 4.88. The molecule has 0 aromatic carbocycles. The predicted octanol–water partition coefficient (Wildman–Crippen LogP) is 0.277. The van der Waals surface area contributed by atoms with E-state index in [1.165, 1.54) is 16.2 Å². The first-order valence-electron chi connectivity index (χ1n) is 6.66. The van der Waals surface area contributed by atoms with Crippen LogP contribution in [0, 0.1) is 11.8 Å². The number of nitrogens with zero attached hydrogens (tertiary/aromatic N) is 3. The van der Waals surface area contributed by atoms with Gasteiger partial charge in [0.25, 0.3) is 0 Å². The number of carboxylic acid groups (broad SMARTS) is 1. The van der Waals surface area contributed by atoms with E-state index in [9.17, 15) is 19.8 Å². The normalized spacial score (nSPS) is 29.4. The van der Waals surface area contributed by atoms with E-state index >= 15 is 0 Å². The number of aliphatic carboxylic acids is 1. The highest BCUT2D eigenvalue weighted by molar-refractivity contribution is 7.09. The van der Waals surface area contributed by atoms with Crippen molar-refractivity contribution in [1.29, 1.82) is 0 Å². The van der Waals surface area contributed by atoms with E-state index in [-0.39, 0.29) is 23.6 Å². The molecular formula is C13H15N3O4S. The quantitative estimate of drug-likeness (QED) is 0.774. The number of hydrogen-bond donors (Lipinski definition) is 2. The van der Waals surface area contributed by atoms with Crippen LogP contribution in [0.1, 0.15) is 18.9 Å². The molecule has 3 rings (SSSR count). The van der Waals surface area contributed by atoms with Crippen molar-refractivity contribution in [2.24, 2.45) is 11.8 Å². The molecule has 112 valence electrons. The second-order valence-electron chi connectivity index (χ2n) is 5.44. The molecule has 0 unspecified atom stereocenters. The zero-order valence-corrected chi connectivity index (χ0v) is 12.4. The van der Waals surface area contributed by atoms with Gasteiger partial charge in [0.05, 0.1) is 18.1 Å². The fourth-order valence-corrected chi connectivity index (χ4v) is 3.86. The smallest absolute Gasteiger partial charge is 0.352 e. The van der Waals surface area contributed by atoms with Gasteiger partial charge in [-0.15, -0.1) is 21.5 Å². The number of carboxylic acids is 1. The number of aromatic nitrogens is 2. The molecule has 0 spiro atoms. The van der Waals surface area contributed by atoms with Crippen molar-refractivity contribution in [3.05, 3.63) is 21.8 Å². The Kier molecular flexibility index (Phi) is 3.29. The maximum atomic E-state index is 12.1. The molecule has 2 N–H and O–H groups in total. The van der Waals surface area contributed by atoms with E-state index in [2.05, 4.69) is 10.2 Å². The van der Waals surface area contributed by atoms with Crippen LogP contribution in [0.5, 0.6) is 0 Å². The van der Waals surface area contributed by atoms with Gasteiger partial charge >= 0.3 is 5.97 Å². The van der Waals surface area contributed by atoms with Crippen molar-refractivity contribution in [3.63, 3.8) is 0 Å². The van der Waals surface area contributed by atoms with Crippen LogP contribution in [0.15, 0.2) is 16.8 Å². The van der Waals surface area contributed by atoms with Gasteiger partial charge in [-0.2, -0.15) is 0 Å². The standard InChI is InChI=1S/C13H15N3O4S/c1-5-7(3-8-15-14-4-21-8)11(13(19)20)16-10(5)9(6(2)17)12(16)18/h4-6,9-10,17H,3H2,1-2H3,(H,19,20)/t5-,6-,9-,10-/m1/s1. The molecule has 7 nitrogen and oxygen atoms in total. The van der Waals surface area contributed by atoms with E-state index in [1.807, 2.05) is 6.92 Å². The Morgan fingerprint density at radius 3 is 2.81 bits per heavy atom. The topological polar surface area (TPSA) is 104 Å².